The summed E-state index contributed by atoms with van der Waals surface area (Å²) < 4.78 is 41.4. The number of nitrogens with one attached hydrogen (secondary N) is 3. The van der Waals surface area contributed by atoms with Crippen molar-refractivity contribution < 1.29 is 22.8 Å². The maximum atomic E-state index is 13.1. The van der Waals surface area contributed by atoms with Crippen LogP contribution >= 0.6 is 0 Å². The minimum Gasteiger partial charge on any atom is -0.382 e. The number of amides is 2. The van der Waals surface area contributed by atoms with Gasteiger partial charge in [0.15, 0.2) is 0 Å². The molecule has 240 valence electrons. The average molecular weight is 633 g/mol. The third-order valence-corrected chi connectivity index (χ3v) is 8.48. The summed E-state index contributed by atoms with van der Waals surface area (Å²) in [5, 5.41) is 9.07. The van der Waals surface area contributed by atoms with Crippen molar-refractivity contribution >= 4 is 35.0 Å². The second-order valence-electron chi connectivity index (χ2n) is 11.9. The number of nitrogens with two attached hydrogens (primary N) is 1. The number of carbonyl (C=O) groups excluding carboxylic acids is 2. The van der Waals surface area contributed by atoms with Gasteiger partial charge in [0, 0.05) is 41.7 Å². The molecule has 1 aliphatic carbocycles. The van der Waals surface area contributed by atoms with Gasteiger partial charge in [-0.3, -0.25) is 14.0 Å². The Bertz CT molecular complexity index is 1780. The lowest BCUT2D eigenvalue weighted by Gasteiger charge is -2.29. The molecule has 1 aromatic carbocycles. The fourth-order valence-electron chi connectivity index (χ4n) is 6.24. The summed E-state index contributed by atoms with van der Waals surface area (Å²) >= 11 is 0. The van der Waals surface area contributed by atoms with Gasteiger partial charge in [-0.2, -0.15) is 13.2 Å². The molecule has 2 bridgehead atoms. The number of nitrogens with zero attached hydrogens (tertiary/aromatic N) is 4. The van der Waals surface area contributed by atoms with Crippen LogP contribution in [0.3, 0.4) is 0 Å². The molecule has 2 amide bonds. The van der Waals surface area contributed by atoms with Gasteiger partial charge < -0.3 is 21.7 Å². The first kappa shape index (κ1) is 31.2. The fourth-order valence-corrected chi connectivity index (χ4v) is 6.24. The quantitative estimate of drug-likeness (QED) is 0.232. The molecule has 5 N–H and O–H groups in total. The van der Waals surface area contributed by atoms with Gasteiger partial charge in [0.05, 0.1) is 17.5 Å². The molecule has 1 aliphatic heterocycles. The second-order valence-corrected chi connectivity index (χ2v) is 11.9. The molecule has 13 heteroatoms. The van der Waals surface area contributed by atoms with Gasteiger partial charge in [-0.15, -0.1) is 0 Å². The number of fused-ring (bicyclic) bond motifs is 3. The lowest BCUT2D eigenvalue weighted by molar-refractivity contribution is -0.137. The normalized spacial score (nSPS) is 21.6. The molecular formula is C33H35F3N8O2. The zero-order valence-electron chi connectivity index (χ0n) is 25.3. The SMILES string of the molecule is C[C@@H]1CC(=O)N[C@@H]2CCC[C@H](C2)c2nc(-c3ccc(C(=O)Nc4cc(C(F)(F)F)ccn4)cc3)c3c(N)ncc(n23)/C=C/CCN1. The van der Waals surface area contributed by atoms with Crippen molar-refractivity contribution in [2.75, 3.05) is 17.6 Å². The third kappa shape index (κ3) is 6.74. The maximum absolute atomic E-state index is 13.1. The highest BCUT2D eigenvalue weighted by Crippen LogP contribution is 2.38. The summed E-state index contributed by atoms with van der Waals surface area (Å²) in [6, 6.07) is 8.34. The van der Waals surface area contributed by atoms with E-state index in [1.165, 1.54) is 0 Å². The summed E-state index contributed by atoms with van der Waals surface area (Å²) in [5.74, 6) is 0.418. The Hall–Kier alpha value is -4.78. The highest BCUT2D eigenvalue weighted by molar-refractivity contribution is 6.04. The monoisotopic (exact) mass is 632 g/mol. The Labute approximate surface area is 263 Å². The van der Waals surface area contributed by atoms with Crippen LogP contribution in [-0.2, 0) is 11.0 Å². The molecule has 46 heavy (non-hydrogen) atoms. The van der Waals surface area contributed by atoms with E-state index in [0.29, 0.717) is 35.6 Å². The van der Waals surface area contributed by atoms with Crippen molar-refractivity contribution in [1.82, 2.24) is 30.0 Å². The van der Waals surface area contributed by atoms with E-state index in [9.17, 15) is 22.8 Å². The van der Waals surface area contributed by atoms with Crippen LogP contribution in [0.5, 0.6) is 0 Å². The van der Waals surface area contributed by atoms with Crippen LogP contribution in [0.15, 0.2) is 54.9 Å². The van der Waals surface area contributed by atoms with E-state index in [4.69, 9.17) is 10.7 Å². The van der Waals surface area contributed by atoms with Gasteiger partial charge in [0.2, 0.25) is 5.91 Å². The van der Waals surface area contributed by atoms with Gasteiger partial charge in [-0.05, 0) is 69.5 Å². The molecule has 10 nitrogen and oxygen atoms in total. The fraction of sp³-hybridized carbons (Fsp3) is 0.364. The van der Waals surface area contributed by atoms with E-state index >= 15 is 0 Å². The van der Waals surface area contributed by atoms with Crippen molar-refractivity contribution in [3.63, 3.8) is 0 Å². The molecule has 6 rings (SSSR count). The largest absolute Gasteiger partial charge is 0.416 e. The summed E-state index contributed by atoms with van der Waals surface area (Å²) in [4.78, 5) is 39.2. The minimum atomic E-state index is -4.56. The van der Waals surface area contributed by atoms with Crippen LogP contribution < -0.4 is 21.7 Å². The molecule has 0 spiro atoms. The Morgan fingerprint density at radius 3 is 2.72 bits per heavy atom. The number of hydrogen-bond acceptors (Lipinski definition) is 7. The Morgan fingerprint density at radius 2 is 1.93 bits per heavy atom. The van der Waals surface area contributed by atoms with Gasteiger partial charge in [-0.1, -0.05) is 24.6 Å². The van der Waals surface area contributed by atoms with Crippen LogP contribution in [0, 0.1) is 0 Å². The average Bonchev–Trinajstić information content (AvgIpc) is 3.43. The maximum Gasteiger partial charge on any atom is 0.416 e. The van der Waals surface area contributed by atoms with E-state index in [2.05, 4.69) is 36.4 Å². The minimum absolute atomic E-state index is 0.0293. The highest BCUT2D eigenvalue weighted by atomic mass is 19.4. The molecule has 3 atom stereocenters. The first-order valence-electron chi connectivity index (χ1n) is 15.4. The van der Waals surface area contributed by atoms with Crippen LogP contribution in [-0.4, -0.2) is 49.8 Å². The molecule has 0 unspecified atom stereocenters. The number of anilines is 2. The number of alkyl halides is 3. The van der Waals surface area contributed by atoms with E-state index in [-0.39, 0.29) is 35.3 Å². The molecule has 2 aliphatic rings. The summed E-state index contributed by atoms with van der Waals surface area (Å²) in [6.07, 6.45) is 6.88. The van der Waals surface area contributed by atoms with Gasteiger partial charge in [0.1, 0.15) is 28.7 Å². The number of carbonyl (C=O) groups is 2. The van der Waals surface area contributed by atoms with Crippen molar-refractivity contribution in [2.45, 2.75) is 69.6 Å². The van der Waals surface area contributed by atoms with Crippen LogP contribution in [0.1, 0.15) is 78.8 Å². The zero-order valence-corrected chi connectivity index (χ0v) is 25.3. The summed E-state index contributed by atoms with van der Waals surface area (Å²) in [7, 11) is 0. The van der Waals surface area contributed by atoms with Crippen LogP contribution in [0.25, 0.3) is 22.9 Å². The first-order valence-corrected chi connectivity index (χ1v) is 15.4. The van der Waals surface area contributed by atoms with Crippen LogP contribution in [0.4, 0.5) is 24.8 Å². The van der Waals surface area contributed by atoms with Crippen molar-refractivity contribution in [3.8, 4) is 11.3 Å². The molecule has 3 aromatic heterocycles. The summed E-state index contributed by atoms with van der Waals surface area (Å²) in [5.41, 5.74) is 8.59. The number of aromatic nitrogens is 4. The molecular weight excluding hydrogens is 597 g/mol. The number of imidazole rings is 1. The summed E-state index contributed by atoms with van der Waals surface area (Å²) in [6.45, 7) is 2.73. The van der Waals surface area contributed by atoms with E-state index < -0.39 is 17.6 Å². The number of benzene rings is 1. The highest BCUT2D eigenvalue weighted by Gasteiger charge is 2.32. The van der Waals surface area contributed by atoms with Crippen molar-refractivity contribution in [2.24, 2.45) is 0 Å². The van der Waals surface area contributed by atoms with Gasteiger partial charge in [0.25, 0.3) is 5.91 Å². The Kier molecular flexibility index (Phi) is 8.76. The number of rotatable bonds is 3. The third-order valence-electron chi connectivity index (χ3n) is 8.48. The lowest BCUT2D eigenvalue weighted by Crippen LogP contribution is -2.41. The Balaban J connectivity index is 1.35. The zero-order chi connectivity index (χ0) is 32.4. The van der Waals surface area contributed by atoms with E-state index in [0.717, 1.165) is 62.0 Å². The molecule has 0 saturated heterocycles. The first-order chi connectivity index (χ1) is 22.1. The van der Waals surface area contributed by atoms with E-state index in [1.54, 1.807) is 30.5 Å². The molecule has 4 aromatic rings. The van der Waals surface area contributed by atoms with E-state index in [1.807, 2.05) is 13.0 Å². The molecule has 1 saturated carbocycles. The number of nitrogen functional groups attached to an aromatic ring is 1. The van der Waals surface area contributed by atoms with Crippen LogP contribution in [0.2, 0.25) is 0 Å². The van der Waals surface area contributed by atoms with Crippen molar-refractivity contribution in [1.29, 1.82) is 0 Å². The molecule has 1 fully saturated rings. The van der Waals surface area contributed by atoms with Gasteiger partial charge >= 0.3 is 6.18 Å². The molecule has 4 heterocycles. The number of hydrogen-bond donors (Lipinski definition) is 4. The molecule has 0 radical (unpaired) electrons. The smallest absolute Gasteiger partial charge is 0.382 e. The second kappa shape index (κ2) is 12.9. The lowest BCUT2D eigenvalue weighted by atomic mass is 9.85. The predicted molar refractivity (Wildman–Crippen MR) is 169 cm³/mol. The predicted octanol–water partition coefficient (Wildman–Crippen LogP) is 5.57. The topological polar surface area (TPSA) is 139 Å². The number of pyridine rings is 1. The van der Waals surface area contributed by atoms with Crippen molar-refractivity contribution in [3.05, 3.63) is 77.5 Å². The Morgan fingerprint density at radius 1 is 1.13 bits per heavy atom. The van der Waals surface area contributed by atoms with Gasteiger partial charge in [-0.25, -0.2) is 15.0 Å². The standard InChI is InChI=1S/C33H35F3N8O2/c1-19-15-27(45)41-24-6-4-5-22(16-24)31-43-28(29-30(37)40-18-25(44(29)31)7-2-3-13-38-19)20-8-10-21(11-9-20)32(46)42-26-17-23(12-14-39-26)33(34,35)36/h2,7-12,14,17-19,22,24,38H,3-6,13,15-16H2,1H3,(H2,37,40)(H,41,45)(H,39,42,46)/b7-2+/t19-,22-,24-/m1/s1. The number of halogens is 3.